The lowest BCUT2D eigenvalue weighted by Crippen LogP contribution is -2.28. The van der Waals surface area contributed by atoms with Crippen molar-refractivity contribution in [1.82, 2.24) is 10.3 Å². The molecule has 1 N–H and O–H groups in total. The molecule has 0 aromatic carbocycles. The lowest BCUT2D eigenvalue weighted by molar-refractivity contribution is -0.137. The highest BCUT2D eigenvalue weighted by atomic mass is 32.1. The molecule has 1 heterocycles. The minimum Gasteiger partial charge on any atom is -0.312 e. The molecule has 3 atom stereocenters. The molecule has 108 valence electrons. The molecule has 0 bridgehead atoms. The Kier molecular flexibility index (Phi) is 4.50. The molecule has 1 aromatic rings. The number of rotatable bonds is 3. The van der Waals surface area contributed by atoms with Crippen molar-refractivity contribution in [3.8, 4) is 0 Å². The SMILES string of the molecule is CNC(c1cnc(C(F)(F)F)s1)C1CCCC(C)C1. The molecular formula is C13H19F3N2S. The second-order valence-electron chi connectivity index (χ2n) is 5.36. The van der Waals surface area contributed by atoms with Gasteiger partial charge in [0.25, 0.3) is 0 Å². The third-order valence-corrected chi connectivity index (χ3v) is 4.96. The van der Waals surface area contributed by atoms with Crippen molar-refractivity contribution in [2.75, 3.05) is 7.05 Å². The number of hydrogen-bond donors (Lipinski definition) is 1. The maximum absolute atomic E-state index is 12.6. The number of halogens is 3. The van der Waals surface area contributed by atoms with Crippen LogP contribution in [0.1, 0.15) is 48.5 Å². The zero-order chi connectivity index (χ0) is 14.0. The minimum atomic E-state index is -4.33. The minimum absolute atomic E-state index is 0.00338. The standard InChI is InChI=1S/C13H19F3N2S/c1-8-4-3-5-9(6-8)11(17-2)10-7-18-12(19-10)13(14,15)16/h7-9,11,17H,3-6H2,1-2H3. The van der Waals surface area contributed by atoms with E-state index in [2.05, 4.69) is 17.2 Å². The van der Waals surface area contributed by atoms with E-state index < -0.39 is 11.2 Å². The van der Waals surface area contributed by atoms with Gasteiger partial charge in [-0.25, -0.2) is 4.98 Å². The number of aromatic nitrogens is 1. The maximum atomic E-state index is 12.6. The molecular weight excluding hydrogens is 273 g/mol. The summed E-state index contributed by atoms with van der Waals surface area (Å²) in [7, 11) is 1.82. The van der Waals surface area contributed by atoms with E-state index in [1.807, 2.05) is 7.05 Å². The van der Waals surface area contributed by atoms with Gasteiger partial charge in [-0.15, -0.1) is 11.3 Å². The first-order valence-electron chi connectivity index (χ1n) is 6.62. The molecule has 19 heavy (non-hydrogen) atoms. The number of alkyl halides is 3. The Morgan fingerprint density at radius 3 is 2.68 bits per heavy atom. The van der Waals surface area contributed by atoms with Crippen LogP contribution in [-0.2, 0) is 6.18 Å². The van der Waals surface area contributed by atoms with Crippen molar-refractivity contribution in [2.45, 2.75) is 44.8 Å². The Morgan fingerprint density at radius 1 is 1.42 bits per heavy atom. The van der Waals surface area contributed by atoms with Crippen molar-refractivity contribution in [1.29, 1.82) is 0 Å². The van der Waals surface area contributed by atoms with Crippen LogP contribution in [-0.4, -0.2) is 12.0 Å². The van der Waals surface area contributed by atoms with Gasteiger partial charge in [0.05, 0.1) is 0 Å². The highest BCUT2D eigenvalue weighted by Gasteiger charge is 2.36. The summed E-state index contributed by atoms with van der Waals surface area (Å²) in [5.41, 5.74) is 0. The van der Waals surface area contributed by atoms with Gasteiger partial charge in [-0.05, 0) is 31.7 Å². The van der Waals surface area contributed by atoms with Crippen LogP contribution in [0, 0.1) is 11.8 Å². The topological polar surface area (TPSA) is 24.9 Å². The van der Waals surface area contributed by atoms with Crippen LogP contribution in [0.4, 0.5) is 13.2 Å². The van der Waals surface area contributed by atoms with E-state index in [4.69, 9.17) is 0 Å². The lowest BCUT2D eigenvalue weighted by atomic mass is 9.78. The third-order valence-electron chi connectivity index (χ3n) is 3.83. The van der Waals surface area contributed by atoms with Crippen LogP contribution in [0.2, 0.25) is 0 Å². The zero-order valence-corrected chi connectivity index (χ0v) is 11.9. The van der Waals surface area contributed by atoms with E-state index in [9.17, 15) is 13.2 Å². The molecule has 2 rings (SSSR count). The molecule has 1 fully saturated rings. The summed E-state index contributed by atoms with van der Waals surface area (Å²) >= 11 is 0.769. The Morgan fingerprint density at radius 2 is 2.16 bits per heavy atom. The first-order valence-corrected chi connectivity index (χ1v) is 7.43. The van der Waals surface area contributed by atoms with Gasteiger partial charge in [-0.2, -0.15) is 13.2 Å². The van der Waals surface area contributed by atoms with Gasteiger partial charge in [0, 0.05) is 17.1 Å². The lowest BCUT2D eigenvalue weighted by Gasteiger charge is -2.32. The molecule has 0 spiro atoms. The Labute approximate surface area is 115 Å². The van der Waals surface area contributed by atoms with Crippen molar-refractivity contribution >= 4 is 11.3 Å². The highest BCUT2D eigenvalue weighted by molar-refractivity contribution is 7.11. The molecule has 2 nitrogen and oxygen atoms in total. The number of nitrogens with zero attached hydrogens (tertiary/aromatic N) is 1. The van der Waals surface area contributed by atoms with Gasteiger partial charge >= 0.3 is 6.18 Å². The van der Waals surface area contributed by atoms with Crippen molar-refractivity contribution in [2.24, 2.45) is 11.8 Å². The number of hydrogen-bond acceptors (Lipinski definition) is 3. The quantitative estimate of drug-likeness (QED) is 0.901. The zero-order valence-electron chi connectivity index (χ0n) is 11.1. The molecule has 1 aliphatic carbocycles. The van der Waals surface area contributed by atoms with E-state index in [1.165, 1.54) is 12.6 Å². The van der Waals surface area contributed by atoms with E-state index in [1.54, 1.807) is 0 Å². The van der Waals surface area contributed by atoms with Gasteiger partial charge < -0.3 is 5.32 Å². The van der Waals surface area contributed by atoms with E-state index in [0.717, 1.165) is 30.6 Å². The summed E-state index contributed by atoms with van der Waals surface area (Å²) in [5, 5.41) is 2.43. The highest BCUT2D eigenvalue weighted by Crippen LogP contribution is 2.40. The third kappa shape index (κ3) is 3.48. The summed E-state index contributed by atoms with van der Waals surface area (Å²) in [6.07, 6.45) is 1.59. The molecule has 3 unspecified atom stereocenters. The molecule has 0 radical (unpaired) electrons. The molecule has 0 saturated heterocycles. The fraction of sp³-hybridized carbons (Fsp3) is 0.769. The van der Waals surface area contributed by atoms with Crippen molar-refractivity contribution in [3.63, 3.8) is 0 Å². The fourth-order valence-corrected chi connectivity index (χ4v) is 3.94. The van der Waals surface area contributed by atoms with Crippen LogP contribution >= 0.6 is 11.3 Å². The van der Waals surface area contributed by atoms with Gasteiger partial charge in [0.1, 0.15) is 0 Å². The largest absolute Gasteiger partial charge is 0.443 e. The number of thiazole rings is 1. The monoisotopic (exact) mass is 292 g/mol. The average Bonchev–Trinajstić information content (AvgIpc) is 2.79. The Hall–Kier alpha value is -0.620. The normalized spacial score (nSPS) is 26.4. The van der Waals surface area contributed by atoms with Crippen LogP contribution in [0.3, 0.4) is 0 Å². The average molecular weight is 292 g/mol. The smallest absolute Gasteiger partial charge is 0.312 e. The molecule has 0 amide bonds. The summed E-state index contributed by atoms with van der Waals surface area (Å²) in [6, 6.07) is -0.00338. The Bertz CT molecular complexity index is 416. The molecule has 1 aromatic heterocycles. The molecule has 1 saturated carbocycles. The van der Waals surface area contributed by atoms with E-state index >= 15 is 0 Å². The first-order chi connectivity index (χ1) is 8.91. The predicted octanol–water partition coefficient (Wildman–Crippen LogP) is 4.25. The second kappa shape index (κ2) is 5.79. The second-order valence-corrected chi connectivity index (χ2v) is 6.43. The van der Waals surface area contributed by atoms with Gasteiger partial charge in [-0.3, -0.25) is 0 Å². The van der Waals surface area contributed by atoms with Gasteiger partial charge in [0.15, 0.2) is 5.01 Å². The van der Waals surface area contributed by atoms with E-state index in [0.29, 0.717) is 16.7 Å². The van der Waals surface area contributed by atoms with Crippen LogP contribution < -0.4 is 5.32 Å². The molecule has 6 heteroatoms. The van der Waals surface area contributed by atoms with E-state index in [-0.39, 0.29) is 6.04 Å². The summed E-state index contributed by atoms with van der Waals surface area (Å²) in [4.78, 5) is 4.23. The number of nitrogens with one attached hydrogen (secondary N) is 1. The first kappa shape index (κ1) is 14.8. The summed E-state index contributed by atoms with van der Waals surface area (Å²) < 4.78 is 37.8. The van der Waals surface area contributed by atoms with Crippen LogP contribution in [0.25, 0.3) is 0 Å². The fourth-order valence-electron chi connectivity index (χ4n) is 2.96. The van der Waals surface area contributed by atoms with Gasteiger partial charge in [-0.1, -0.05) is 19.8 Å². The molecule has 0 aliphatic heterocycles. The summed E-state index contributed by atoms with van der Waals surface area (Å²) in [6.45, 7) is 2.21. The van der Waals surface area contributed by atoms with Gasteiger partial charge in [0.2, 0.25) is 0 Å². The predicted molar refractivity (Wildman–Crippen MR) is 70.0 cm³/mol. The van der Waals surface area contributed by atoms with Crippen molar-refractivity contribution in [3.05, 3.63) is 16.1 Å². The van der Waals surface area contributed by atoms with Crippen LogP contribution in [0.5, 0.6) is 0 Å². The summed E-state index contributed by atoms with van der Waals surface area (Å²) in [5.74, 6) is 1.07. The maximum Gasteiger partial charge on any atom is 0.443 e. The van der Waals surface area contributed by atoms with Crippen LogP contribution in [0.15, 0.2) is 6.20 Å². The Balaban J connectivity index is 2.15. The van der Waals surface area contributed by atoms with Crippen molar-refractivity contribution < 1.29 is 13.2 Å². The molecule has 1 aliphatic rings.